The van der Waals surface area contributed by atoms with E-state index < -0.39 is 12.0 Å². The van der Waals surface area contributed by atoms with Crippen molar-refractivity contribution < 1.29 is 19.4 Å². The second-order valence-electron chi connectivity index (χ2n) is 8.89. The first kappa shape index (κ1) is 30.2. The molecule has 0 saturated heterocycles. The third-order valence-corrected chi connectivity index (χ3v) is 5.75. The first-order valence-corrected chi connectivity index (χ1v) is 12.5. The minimum absolute atomic E-state index is 0.0783. The van der Waals surface area contributed by atoms with Crippen molar-refractivity contribution in [2.24, 2.45) is 10.9 Å². The van der Waals surface area contributed by atoms with Crippen LogP contribution in [0.4, 0.5) is 0 Å². The molecule has 3 atom stereocenters. The molecular formula is C31H37N3O4. The van der Waals surface area contributed by atoms with Gasteiger partial charge in [-0.05, 0) is 57.1 Å². The van der Waals surface area contributed by atoms with Gasteiger partial charge in [-0.3, -0.25) is 15.1 Å². The van der Waals surface area contributed by atoms with E-state index in [0.717, 1.165) is 11.1 Å². The topological polar surface area (TPSA) is 100 Å². The number of nitrogens with zero attached hydrogens (tertiary/aromatic N) is 1. The average molecular weight is 516 g/mol. The summed E-state index contributed by atoms with van der Waals surface area (Å²) in [5, 5.41) is 16.0. The van der Waals surface area contributed by atoms with Crippen LogP contribution in [0.2, 0.25) is 0 Å². The number of ether oxygens (including phenoxy) is 1. The number of carbonyl (C=O) groups excluding carboxylic acids is 1. The molecule has 0 aliphatic carbocycles. The lowest BCUT2D eigenvalue weighted by Gasteiger charge is -2.26. The zero-order valence-electron chi connectivity index (χ0n) is 22.5. The number of methoxy groups -OCH3 is 1. The predicted octanol–water partition coefficient (Wildman–Crippen LogP) is 4.22. The Balaban J connectivity index is 2.19. The fourth-order valence-electron chi connectivity index (χ4n) is 3.73. The molecule has 1 amide bonds. The van der Waals surface area contributed by atoms with E-state index in [4.69, 9.17) is 4.74 Å². The third kappa shape index (κ3) is 10.2. The van der Waals surface area contributed by atoms with Crippen molar-refractivity contribution in [3.8, 4) is 11.8 Å². The minimum atomic E-state index is -1.10. The Bertz CT molecular complexity index is 1180. The van der Waals surface area contributed by atoms with Crippen LogP contribution in [-0.2, 0) is 14.3 Å². The number of amides is 1. The molecular weight excluding hydrogens is 478 g/mol. The summed E-state index contributed by atoms with van der Waals surface area (Å²) in [5.41, 5.74) is 3.27. The van der Waals surface area contributed by atoms with Gasteiger partial charge in [0, 0.05) is 31.6 Å². The van der Waals surface area contributed by atoms with E-state index in [1.165, 1.54) is 6.08 Å². The van der Waals surface area contributed by atoms with Crippen molar-refractivity contribution in [3.05, 3.63) is 95.3 Å². The average Bonchev–Trinajstić information content (AvgIpc) is 3.17. The summed E-state index contributed by atoms with van der Waals surface area (Å²) >= 11 is 0. The standard InChI is InChI=1S/C31H37N3O4/c1-6-23(12-13-25-9-8-15-32-16-14-25)17-26-20-33-29(19-28(26)31(36)37)30(35)34-27(21-38-5)18-24(7-2)11-10-22(3)4/h6-11,14-17,19,25,27,29,33H,3,18,20-21H2,1-2,4-5H3,(H,34,35)(H,36,37)/b11-10-,23-6-,24-7+,26-17+. The first-order chi connectivity index (χ1) is 18.3. The molecule has 0 bridgehead atoms. The van der Waals surface area contributed by atoms with Crippen LogP contribution in [0.15, 0.2) is 100 Å². The maximum Gasteiger partial charge on any atom is 0.335 e. The Morgan fingerprint density at radius 2 is 2.11 bits per heavy atom. The molecule has 2 aliphatic rings. The molecule has 0 radical (unpaired) electrons. The summed E-state index contributed by atoms with van der Waals surface area (Å²) in [4.78, 5) is 29.2. The van der Waals surface area contributed by atoms with Crippen molar-refractivity contribution in [2.45, 2.75) is 39.3 Å². The fourth-order valence-corrected chi connectivity index (χ4v) is 3.73. The maximum absolute atomic E-state index is 13.1. The molecule has 0 fully saturated rings. The number of hydrogen-bond acceptors (Lipinski definition) is 5. The number of rotatable bonds is 10. The Labute approximate surface area is 225 Å². The number of hydrogen-bond donors (Lipinski definition) is 3. The quantitative estimate of drug-likeness (QED) is 0.299. The molecule has 0 aromatic heterocycles. The van der Waals surface area contributed by atoms with Crippen LogP contribution in [0.25, 0.3) is 0 Å². The summed E-state index contributed by atoms with van der Waals surface area (Å²) < 4.78 is 5.31. The van der Waals surface area contributed by atoms with E-state index in [-0.39, 0.29) is 30.0 Å². The van der Waals surface area contributed by atoms with Gasteiger partial charge in [0.1, 0.15) is 6.04 Å². The number of aliphatic carboxylic acids is 1. The van der Waals surface area contributed by atoms with E-state index >= 15 is 0 Å². The van der Waals surface area contributed by atoms with Gasteiger partial charge in [-0.15, -0.1) is 0 Å². The second kappa shape index (κ2) is 16.0. The molecule has 2 heterocycles. The van der Waals surface area contributed by atoms with E-state index in [1.807, 2.05) is 63.3 Å². The maximum atomic E-state index is 13.1. The van der Waals surface area contributed by atoms with Gasteiger partial charge in [-0.25, -0.2) is 4.79 Å². The van der Waals surface area contributed by atoms with Crippen LogP contribution in [-0.4, -0.2) is 55.5 Å². The van der Waals surface area contributed by atoms with E-state index in [0.29, 0.717) is 24.2 Å². The highest BCUT2D eigenvalue weighted by molar-refractivity contribution is 5.95. The molecule has 3 unspecified atom stereocenters. The molecule has 0 aromatic carbocycles. The first-order valence-electron chi connectivity index (χ1n) is 12.5. The summed E-state index contributed by atoms with van der Waals surface area (Å²) in [6.45, 7) is 10.1. The van der Waals surface area contributed by atoms with Crippen molar-refractivity contribution in [3.63, 3.8) is 0 Å². The number of carbonyl (C=O) groups is 2. The largest absolute Gasteiger partial charge is 0.478 e. The number of aliphatic imine (C=N–C) groups is 1. The summed E-state index contributed by atoms with van der Waals surface area (Å²) in [6.07, 6.45) is 20.5. The third-order valence-electron chi connectivity index (χ3n) is 5.75. The zero-order chi connectivity index (χ0) is 27.9. The van der Waals surface area contributed by atoms with E-state index in [9.17, 15) is 14.7 Å². The van der Waals surface area contributed by atoms with Crippen molar-refractivity contribution >= 4 is 18.1 Å². The van der Waals surface area contributed by atoms with Gasteiger partial charge < -0.3 is 15.2 Å². The Hall–Kier alpha value is -3.99. The molecule has 38 heavy (non-hydrogen) atoms. The van der Waals surface area contributed by atoms with Gasteiger partial charge in [-0.2, -0.15) is 0 Å². The van der Waals surface area contributed by atoms with Crippen molar-refractivity contribution in [2.75, 3.05) is 20.3 Å². The molecule has 0 aromatic rings. The molecule has 7 heteroatoms. The Kier molecular flexibility index (Phi) is 12.7. The molecule has 7 nitrogen and oxygen atoms in total. The normalized spacial score (nSPS) is 21.5. The highest BCUT2D eigenvalue weighted by Crippen LogP contribution is 2.19. The molecule has 0 saturated carbocycles. The van der Waals surface area contributed by atoms with Crippen LogP contribution >= 0.6 is 0 Å². The van der Waals surface area contributed by atoms with Crippen LogP contribution in [0, 0.1) is 17.8 Å². The fraction of sp³-hybridized carbons (Fsp3) is 0.323. The monoisotopic (exact) mass is 515 g/mol. The SMILES string of the molecule is C=C(C)/C=C\C(=C/C)CC(COC)NC(=O)C1C=C(C(=O)O)/C(=C/C(C#CC2C=CC=NC=C2)=C\C)CN1. The van der Waals surface area contributed by atoms with Crippen LogP contribution in [0.5, 0.6) is 0 Å². The van der Waals surface area contributed by atoms with Gasteiger partial charge >= 0.3 is 5.97 Å². The molecule has 2 rings (SSSR count). The molecule has 2 aliphatic heterocycles. The molecule has 200 valence electrons. The Morgan fingerprint density at radius 1 is 1.32 bits per heavy atom. The minimum Gasteiger partial charge on any atom is -0.478 e. The van der Waals surface area contributed by atoms with Crippen LogP contribution in [0.1, 0.15) is 27.2 Å². The highest BCUT2D eigenvalue weighted by Gasteiger charge is 2.27. The predicted molar refractivity (Wildman–Crippen MR) is 154 cm³/mol. The smallest absolute Gasteiger partial charge is 0.335 e. The van der Waals surface area contributed by atoms with Crippen molar-refractivity contribution in [1.82, 2.24) is 10.6 Å². The lowest BCUT2D eigenvalue weighted by molar-refractivity contribution is -0.132. The summed E-state index contributed by atoms with van der Waals surface area (Å²) in [5.74, 6) is 4.76. The van der Waals surface area contributed by atoms with E-state index in [1.54, 1.807) is 25.6 Å². The highest BCUT2D eigenvalue weighted by atomic mass is 16.5. The van der Waals surface area contributed by atoms with Gasteiger partial charge in [0.15, 0.2) is 0 Å². The number of carboxylic acids is 1. The summed E-state index contributed by atoms with van der Waals surface area (Å²) in [6, 6.07) is -1.07. The van der Waals surface area contributed by atoms with Crippen molar-refractivity contribution in [1.29, 1.82) is 0 Å². The Morgan fingerprint density at radius 3 is 2.76 bits per heavy atom. The lowest BCUT2D eigenvalue weighted by Crippen LogP contribution is -2.50. The number of allylic oxidation sites excluding steroid dienone is 10. The van der Waals surface area contributed by atoms with E-state index in [2.05, 4.69) is 34.0 Å². The van der Waals surface area contributed by atoms with Crippen LogP contribution in [0.3, 0.4) is 0 Å². The van der Waals surface area contributed by atoms with Gasteiger partial charge in [0.05, 0.1) is 24.1 Å². The number of nitrogens with one attached hydrogen (secondary N) is 2. The molecule has 3 N–H and O–H groups in total. The van der Waals surface area contributed by atoms with Gasteiger partial charge in [0.2, 0.25) is 5.91 Å². The lowest BCUT2D eigenvalue weighted by atomic mass is 9.95. The number of carboxylic acid groups (broad SMARTS) is 1. The van der Waals surface area contributed by atoms with Crippen LogP contribution < -0.4 is 10.6 Å². The van der Waals surface area contributed by atoms with Gasteiger partial charge in [0.25, 0.3) is 0 Å². The molecule has 0 spiro atoms. The second-order valence-corrected chi connectivity index (χ2v) is 8.89. The zero-order valence-corrected chi connectivity index (χ0v) is 22.5. The van der Waals surface area contributed by atoms with Gasteiger partial charge in [-0.1, -0.05) is 59.9 Å². The summed E-state index contributed by atoms with van der Waals surface area (Å²) in [7, 11) is 1.58.